The molecule has 2 N–H and O–H groups in total. The Morgan fingerprint density at radius 3 is 2.68 bits per heavy atom. The van der Waals surface area contributed by atoms with Crippen LogP contribution >= 0.6 is 0 Å². The van der Waals surface area contributed by atoms with E-state index in [1.165, 1.54) is 31.3 Å². The first-order chi connectivity index (χ1) is 12.2. The topological polar surface area (TPSA) is 59.6 Å². The molecule has 2 rings (SSSR count). The molecule has 0 saturated heterocycles. The fourth-order valence-electron chi connectivity index (χ4n) is 3.01. The summed E-state index contributed by atoms with van der Waals surface area (Å²) in [5.74, 6) is 1.55. The van der Waals surface area contributed by atoms with Gasteiger partial charge in [-0.1, -0.05) is 17.7 Å². The number of ether oxygens (including phenoxy) is 2. The van der Waals surface area contributed by atoms with E-state index in [2.05, 4.69) is 16.7 Å². The molecule has 0 bridgehead atoms. The largest absolute Gasteiger partial charge is 0.493 e. The summed E-state index contributed by atoms with van der Waals surface area (Å²) in [5.41, 5.74) is 2.60. The summed E-state index contributed by atoms with van der Waals surface area (Å²) in [6.45, 7) is 2.10. The quantitative estimate of drug-likeness (QED) is 0.505. The summed E-state index contributed by atoms with van der Waals surface area (Å²) in [5, 5.41) is 6.30. The Balaban J connectivity index is 1.60. The minimum absolute atomic E-state index is 0.108. The number of hydrogen-bond acceptors (Lipinski definition) is 4. The Labute approximate surface area is 150 Å². The van der Waals surface area contributed by atoms with E-state index >= 15 is 0 Å². The zero-order chi connectivity index (χ0) is 17.9. The van der Waals surface area contributed by atoms with Crippen LogP contribution in [-0.4, -0.2) is 33.2 Å². The maximum atomic E-state index is 11.9. The van der Waals surface area contributed by atoms with Gasteiger partial charge in [0.25, 0.3) is 0 Å². The first kappa shape index (κ1) is 19.3. The summed E-state index contributed by atoms with van der Waals surface area (Å²) in [7, 11) is 3.25. The maximum Gasteiger partial charge on any atom is 0.221 e. The molecule has 1 amide bonds. The summed E-state index contributed by atoms with van der Waals surface area (Å²) >= 11 is 0. The number of rotatable bonds is 10. The molecule has 0 aromatic heterocycles. The smallest absolute Gasteiger partial charge is 0.221 e. The van der Waals surface area contributed by atoms with E-state index in [4.69, 9.17) is 9.47 Å². The van der Waals surface area contributed by atoms with Gasteiger partial charge in [-0.2, -0.15) is 0 Å². The van der Waals surface area contributed by atoms with Crippen LogP contribution in [-0.2, 0) is 11.3 Å². The summed E-state index contributed by atoms with van der Waals surface area (Å²) < 4.78 is 10.5. The number of allylic oxidation sites excluding steroid dienone is 1. The first-order valence-electron chi connectivity index (χ1n) is 9.09. The molecule has 0 spiro atoms. The molecule has 25 heavy (non-hydrogen) atoms. The van der Waals surface area contributed by atoms with E-state index in [9.17, 15) is 4.79 Å². The molecule has 0 aliphatic heterocycles. The highest BCUT2D eigenvalue weighted by atomic mass is 16.5. The third-order valence-electron chi connectivity index (χ3n) is 4.46. The van der Waals surface area contributed by atoms with Crippen molar-refractivity contribution in [2.24, 2.45) is 0 Å². The van der Waals surface area contributed by atoms with E-state index < -0.39 is 0 Å². The van der Waals surface area contributed by atoms with Gasteiger partial charge in [0.15, 0.2) is 11.5 Å². The van der Waals surface area contributed by atoms with Gasteiger partial charge in [0.05, 0.1) is 14.2 Å². The van der Waals surface area contributed by atoms with E-state index in [-0.39, 0.29) is 5.91 Å². The highest BCUT2D eigenvalue weighted by Crippen LogP contribution is 2.27. The van der Waals surface area contributed by atoms with Crippen molar-refractivity contribution in [3.8, 4) is 11.5 Å². The van der Waals surface area contributed by atoms with Gasteiger partial charge >= 0.3 is 0 Å². The molecule has 0 fully saturated rings. The molecule has 138 valence electrons. The highest BCUT2D eigenvalue weighted by Gasteiger charge is 2.06. The van der Waals surface area contributed by atoms with Crippen LogP contribution < -0.4 is 20.1 Å². The minimum atomic E-state index is 0.108. The lowest BCUT2D eigenvalue weighted by molar-refractivity contribution is -0.120. The Kier molecular flexibility index (Phi) is 8.32. The lowest BCUT2D eigenvalue weighted by Crippen LogP contribution is -2.28. The normalized spacial score (nSPS) is 13.9. The highest BCUT2D eigenvalue weighted by molar-refractivity contribution is 5.76. The molecule has 1 aliphatic carbocycles. The molecular weight excluding hydrogens is 316 g/mol. The van der Waals surface area contributed by atoms with E-state index in [1.54, 1.807) is 14.2 Å². The van der Waals surface area contributed by atoms with Crippen molar-refractivity contribution in [2.75, 3.05) is 27.3 Å². The number of hydrogen-bond donors (Lipinski definition) is 2. The second-order valence-electron chi connectivity index (χ2n) is 6.32. The van der Waals surface area contributed by atoms with Crippen LogP contribution in [0.5, 0.6) is 11.5 Å². The van der Waals surface area contributed by atoms with Crippen molar-refractivity contribution < 1.29 is 14.3 Å². The lowest BCUT2D eigenvalue weighted by atomic mass is 9.97. The minimum Gasteiger partial charge on any atom is -0.493 e. The lowest BCUT2D eigenvalue weighted by Gasteiger charge is -2.13. The molecule has 5 heteroatoms. The molecule has 5 nitrogen and oxygen atoms in total. The van der Waals surface area contributed by atoms with Gasteiger partial charge in [-0.05, 0) is 49.8 Å². The van der Waals surface area contributed by atoms with Crippen molar-refractivity contribution >= 4 is 5.91 Å². The Bertz CT molecular complexity index is 584. The third-order valence-corrected chi connectivity index (χ3v) is 4.46. The van der Waals surface area contributed by atoms with Crippen LogP contribution in [0.15, 0.2) is 29.8 Å². The molecule has 0 unspecified atom stereocenters. The SMILES string of the molecule is COc1ccc(CNCCC(=O)NCCC2=CCCCC2)cc1OC. The third kappa shape index (κ3) is 6.78. The molecule has 0 radical (unpaired) electrons. The number of methoxy groups -OCH3 is 2. The standard InChI is InChI=1S/C20H30N2O3/c1-24-18-9-8-17(14-19(18)25-2)15-21-12-11-20(23)22-13-10-16-6-4-3-5-7-16/h6,8-9,14,21H,3-5,7,10-13,15H2,1-2H3,(H,22,23). The zero-order valence-electron chi connectivity index (χ0n) is 15.4. The molecule has 1 aliphatic rings. The van der Waals surface area contributed by atoms with Gasteiger partial charge in [0.2, 0.25) is 5.91 Å². The number of carbonyl (C=O) groups excluding carboxylic acids is 1. The van der Waals surface area contributed by atoms with E-state index in [0.717, 1.165) is 30.0 Å². The maximum absolute atomic E-state index is 11.9. The molecule has 0 saturated carbocycles. The van der Waals surface area contributed by atoms with Gasteiger partial charge in [-0.3, -0.25) is 4.79 Å². The van der Waals surface area contributed by atoms with Gasteiger partial charge in [-0.25, -0.2) is 0 Å². The zero-order valence-corrected chi connectivity index (χ0v) is 15.4. The van der Waals surface area contributed by atoms with Crippen molar-refractivity contribution in [1.82, 2.24) is 10.6 Å². The average Bonchev–Trinajstić information content (AvgIpc) is 2.66. The average molecular weight is 346 g/mol. The Hall–Kier alpha value is -2.01. The van der Waals surface area contributed by atoms with Crippen molar-refractivity contribution in [3.05, 3.63) is 35.4 Å². The van der Waals surface area contributed by atoms with Crippen molar-refractivity contribution in [1.29, 1.82) is 0 Å². The predicted octanol–water partition coefficient (Wildman–Crippen LogP) is 3.19. The summed E-state index contributed by atoms with van der Waals surface area (Å²) in [6.07, 6.45) is 8.81. The van der Waals surface area contributed by atoms with Crippen LogP contribution in [0.1, 0.15) is 44.1 Å². The van der Waals surface area contributed by atoms with Crippen LogP contribution in [0.3, 0.4) is 0 Å². The van der Waals surface area contributed by atoms with Crippen LogP contribution in [0.2, 0.25) is 0 Å². The second-order valence-corrected chi connectivity index (χ2v) is 6.32. The monoisotopic (exact) mass is 346 g/mol. The van der Waals surface area contributed by atoms with Crippen molar-refractivity contribution in [2.45, 2.75) is 45.1 Å². The molecular formula is C20H30N2O3. The fourth-order valence-corrected chi connectivity index (χ4v) is 3.01. The predicted molar refractivity (Wildman–Crippen MR) is 100 cm³/mol. The van der Waals surface area contributed by atoms with E-state index in [0.29, 0.717) is 19.5 Å². The number of carbonyl (C=O) groups is 1. The number of amides is 1. The van der Waals surface area contributed by atoms with Gasteiger partial charge < -0.3 is 20.1 Å². The first-order valence-corrected chi connectivity index (χ1v) is 9.09. The Morgan fingerprint density at radius 1 is 1.12 bits per heavy atom. The number of benzene rings is 1. The van der Waals surface area contributed by atoms with Gasteiger partial charge in [0, 0.05) is 26.1 Å². The molecule has 0 heterocycles. The Morgan fingerprint density at radius 2 is 1.96 bits per heavy atom. The summed E-state index contributed by atoms with van der Waals surface area (Å²) in [4.78, 5) is 11.9. The van der Waals surface area contributed by atoms with Crippen molar-refractivity contribution in [3.63, 3.8) is 0 Å². The van der Waals surface area contributed by atoms with E-state index in [1.807, 2.05) is 18.2 Å². The molecule has 0 atom stereocenters. The van der Waals surface area contributed by atoms with Gasteiger partial charge in [0.1, 0.15) is 0 Å². The van der Waals surface area contributed by atoms with Crippen LogP contribution in [0, 0.1) is 0 Å². The van der Waals surface area contributed by atoms with Gasteiger partial charge in [-0.15, -0.1) is 0 Å². The second kappa shape index (κ2) is 10.8. The number of nitrogens with one attached hydrogen (secondary N) is 2. The van der Waals surface area contributed by atoms with Crippen LogP contribution in [0.4, 0.5) is 0 Å². The molecule has 1 aromatic rings. The summed E-state index contributed by atoms with van der Waals surface area (Å²) in [6, 6.07) is 5.83. The fraction of sp³-hybridized carbons (Fsp3) is 0.550. The van der Waals surface area contributed by atoms with Crippen LogP contribution in [0.25, 0.3) is 0 Å². The molecule has 1 aromatic carbocycles.